The van der Waals surface area contributed by atoms with Crippen LogP contribution in [0, 0.1) is 0 Å². The van der Waals surface area contributed by atoms with E-state index in [-0.39, 0.29) is 0 Å². The maximum absolute atomic E-state index is 4.90. The summed E-state index contributed by atoms with van der Waals surface area (Å²) in [5.41, 5.74) is 3.79. The van der Waals surface area contributed by atoms with E-state index in [0.29, 0.717) is 0 Å². The molecule has 180 valence electrons. The first-order chi connectivity index (χ1) is 16.5. The monoisotopic (exact) mass is 459 g/mol. The van der Waals surface area contributed by atoms with Gasteiger partial charge in [-0.25, -0.2) is 0 Å². The van der Waals surface area contributed by atoms with Crippen molar-refractivity contribution in [1.82, 2.24) is 19.8 Å². The topological polar surface area (TPSA) is 50.8 Å². The fraction of sp³-hybridized carbons (Fsp3) is 0.407. The highest BCUT2D eigenvalue weighted by atomic mass is 15.3. The number of piperazine rings is 1. The summed E-state index contributed by atoms with van der Waals surface area (Å²) in [5.74, 6) is 2.51. The van der Waals surface area contributed by atoms with Gasteiger partial charge in [0.05, 0.1) is 0 Å². The van der Waals surface area contributed by atoms with Crippen molar-refractivity contribution in [2.45, 2.75) is 13.0 Å². The molecular weight excluding hydrogens is 422 g/mol. The van der Waals surface area contributed by atoms with Crippen LogP contribution in [0.1, 0.15) is 12.0 Å². The van der Waals surface area contributed by atoms with Crippen LogP contribution in [0.3, 0.4) is 0 Å². The molecule has 0 amide bonds. The summed E-state index contributed by atoms with van der Waals surface area (Å²) in [4.78, 5) is 18.8. The largest absolute Gasteiger partial charge is 0.363 e. The van der Waals surface area contributed by atoms with Gasteiger partial charge in [0.2, 0.25) is 5.95 Å². The minimum absolute atomic E-state index is 0.787. The minimum Gasteiger partial charge on any atom is -0.363 e. The third-order valence-electron chi connectivity index (χ3n) is 6.03. The molecule has 0 atom stereocenters. The SMILES string of the molecule is CN(C)CC1=CC=C(Nc2cc(N(C)C)nc(N3CCN(Cc4ccccc4)CC3)n2)C=CC1. The Balaban J connectivity index is 1.45. The normalized spacial score (nSPS) is 16.8. The van der Waals surface area contributed by atoms with Gasteiger partial charge in [-0.3, -0.25) is 4.90 Å². The first-order valence-electron chi connectivity index (χ1n) is 12.0. The van der Waals surface area contributed by atoms with Gasteiger partial charge < -0.3 is 20.0 Å². The average Bonchev–Trinajstić information content (AvgIpc) is 3.04. The zero-order chi connectivity index (χ0) is 23.9. The van der Waals surface area contributed by atoms with Gasteiger partial charge in [0.15, 0.2) is 0 Å². The Morgan fingerprint density at radius 1 is 0.941 bits per heavy atom. The highest BCUT2D eigenvalue weighted by molar-refractivity contribution is 5.57. The molecule has 1 N–H and O–H groups in total. The molecule has 1 saturated heterocycles. The van der Waals surface area contributed by atoms with Gasteiger partial charge in [0, 0.05) is 65.1 Å². The van der Waals surface area contributed by atoms with Crippen LogP contribution < -0.4 is 15.1 Å². The fourth-order valence-corrected chi connectivity index (χ4v) is 4.23. The zero-order valence-electron chi connectivity index (χ0n) is 20.9. The summed E-state index contributed by atoms with van der Waals surface area (Å²) >= 11 is 0. The molecule has 0 saturated carbocycles. The van der Waals surface area contributed by atoms with E-state index in [0.717, 1.165) is 69.0 Å². The Morgan fingerprint density at radius 2 is 1.71 bits per heavy atom. The lowest BCUT2D eigenvalue weighted by Gasteiger charge is -2.35. The van der Waals surface area contributed by atoms with Crippen molar-refractivity contribution in [3.05, 3.63) is 77.5 Å². The van der Waals surface area contributed by atoms with Crippen LogP contribution >= 0.6 is 0 Å². The number of allylic oxidation sites excluding steroid dienone is 4. The Bertz CT molecular complexity index is 1030. The van der Waals surface area contributed by atoms with Crippen LogP contribution in [0.4, 0.5) is 17.6 Å². The maximum atomic E-state index is 4.90. The number of nitrogens with zero attached hydrogens (tertiary/aromatic N) is 6. The molecule has 1 fully saturated rings. The van der Waals surface area contributed by atoms with Gasteiger partial charge in [-0.15, -0.1) is 0 Å². The molecule has 4 rings (SSSR count). The number of anilines is 3. The van der Waals surface area contributed by atoms with Gasteiger partial charge in [0.25, 0.3) is 0 Å². The average molecular weight is 460 g/mol. The molecule has 1 aliphatic heterocycles. The van der Waals surface area contributed by atoms with E-state index in [4.69, 9.17) is 9.97 Å². The first-order valence-corrected chi connectivity index (χ1v) is 12.0. The quantitative estimate of drug-likeness (QED) is 0.647. The minimum atomic E-state index is 0.787. The molecule has 1 aromatic carbocycles. The lowest BCUT2D eigenvalue weighted by molar-refractivity contribution is 0.249. The number of hydrogen-bond acceptors (Lipinski definition) is 7. The molecule has 2 aliphatic rings. The first kappa shape index (κ1) is 24.0. The Hall–Kier alpha value is -3.16. The van der Waals surface area contributed by atoms with E-state index in [9.17, 15) is 0 Å². The van der Waals surface area contributed by atoms with Crippen molar-refractivity contribution in [2.75, 3.05) is 76.0 Å². The predicted molar refractivity (Wildman–Crippen MR) is 142 cm³/mol. The second-order valence-corrected chi connectivity index (χ2v) is 9.47. The summed E-state index contributed by atoms with van der Waals surface area (Å²) in [6.45, 7) is 5.79. The smallest absolute Gasteiger partial charge is 0.229 e. The van der Waals surface area contributed by atoms with E-state index in [1.54, 1.807) is 0 Å². The van der Waals surface area contributed by atoms with E-state index in [1.807, 2.05) is 25.1 Å². The number of nitrogens with one attached hydrogen (secondary N) is 1. The van der Waals surface area contributed by atoms with Crippen molar-refractivity contribution in [2.24, 2.45) is 0 Å². The third-order valence-corrected chi connectivity index (χ3v) is 6.03. The molecule has 2 aromatic rings. The van der Waals surface area contributed by atoms with Gasteiger partial charge in [-0.1, -0.05) is 48.1 Å². The van der Waals surface area contributed by atoms with Crippen LogP contribution in [0.2, 0.25) is 0 Å². The van der Waals surface area contributed by atoms with E-state index < -0.39 is 0 Å². The summed E-state index contributed by atoms with van der Waals surface area (Å²) in [6, 6.07) is 12.7. The number of aromatic nitrogens is 2. The fourth-order valence-electron chi connectivity index (χ4n) is 4.23. The number of hydrogen-bond donors (Lipinski definition) is 1. The van der Waals surface area contributed by atoms with Crippen molar-refractivity contribution in [3.63, 3.8) is 0 Å². The molecular formula is C27H37N7. The zero-order valence-corrected chi connectivity index (χ0v) is 20.9. The van der Waals surface area contributed by atoms with Crippen molar-refractivity contribution in [3.8, 4) is 0 Å². The summed E-state index contributed by atoms with van der Waals surface area (Å²) in [7, 11) is 8.25. The molecule has 7 heteroatoms. The number of benzene rings is 1. The van der Waals surface area contributed by atoms with Gasteiger partial charge in [0.1, 0.15) is 11.6 Å². The third kappa shape index (κ3) is 6.68. The second-order valence-electron chi connectivity index (χ2n) is 9.47. The van der Waals surface area contributed by atoms with Gasteiger partial charge >= 0.3 is 0 Å². The van der Waals surface area contributed by atoms with Gasteiger partial charge in [-0.05, 0) is 38.2 Å². The highest BCUT2D eigenvalue weighted by Crippen LogP contribution is 2.23. The molecule has 1 aliphatic carbocycles. The Morgan fingerprint density at radius 3 is 2.41 bits per heavy atom. The number of likely N-dealkylation sites (N-methyl/N-ethyl adjacent to an activating group) is 1. The highest BCUT2D eigenvalue weighted by Gasteiger charge is 2.20. The van der Waals surface area contributed by atoms with E-state index in [2.05, 4.69) is 88.7 Å². The van der Waals surface area contributed by atoms with E-state index in [1.165, 1.54) is 11.1 Å². The molecule has 0 radical (unpaired) electrons. The lowest BCUT2D eigenvalue weighted by atomic mass is 10.2. The Labute approximate surface area is 204 Å². The molecule has 0 unspecified atom stereocenters. The summed E-state index contributed by atoms with van der Waals surface area (Å²) < 4.78 is 0. The molecule has 1 aromatic heterocycles. The van der Waals surface area contributed by atoms with Crippen molar-refractivity contribution < 1.29 is 0 Å². The molecule has 2 heterocycles. The van der Waals surface area contributed by atoms with E-state index >= 15 is 0 Å². The van der Waals surface area contributed by atoms with Gasteiger partial charge in [-0.2, -0.15) is 9.97 Å². The van der Waals surface area contributed by atoms with Crippen LogP contribution in [0.15, 0.2) is 72.0 Å². The van der Waals surface area contributed by atoms with Crippen LogP contribution in [-0.2, 0) is 6.54 Å². The molecule has 0 bridgehead atoms. The van der Waals surface area contributed by atoms with Crippen LogP contribution in [-0.4, -0.2) is 80.7 Å². The van der Waals surface area contributed by atoms with Crippen molar-refractivity contribution >= 4 is 17.6 Å². The summed E-state index contributed by atoms with van der Waals surface area (Å²) in [5, 5.41) is 3.51. The lowest BCUT2D eigenvalue weighted by Crippen LogP contribution is -2.46. The van der Waals surface area contributed by atoms with Crippen molar-refractivity contribution in [1.29, 1.82) is 0 Å². The van der Waals surface area contributed by atoms with Crippen LogP contribution in [0.5, 0.6) is 0 Å². The summed E-state index contributed by atoms with van der Waals surface area (Å²) in [6.07, 6.45) is 9.66. The second kappa shape index (κ2) is 11.3. The Kier molecular flexibility index (Phi) is 7.98. The molecule has 0 spiro atoms. The van der Waals surface area contributed by atoms with Crippen LogP contribution in [0.25, 0.3) is 0 Å². The molecule has 7 nitrogen and oxygen atoms in total. The number of rotatable bonds is 8. The molecule has 34 heavy (non-hydrogen) atoms. The maximum Gasteiger partial charge on any atom is 0.229 e. The standard InChI is InChI=1S/C27H37N7/c1-31(2)20-23-11-8-12-24(14-13-23)28-25-19-26(32(3)4)30-27(29-25)34-17-15-33(16-18-34)21-22-9-6-5-7-10-22/h5-10,12-14,19H,11,15-18,20-21H2,1-4H3,(H,28,29,30). The predicted octanol–water partition coefficient (Wildman–Crippen LogP) is 3.61.